The molecule has 3 rings (SSSR count). The summed E-state index contributed by atoms with van der Waals surface area (Å²) in [6, 6.07) is 19.6. The normalized spacial score (nSPS) is 19.4. The third kappa shape index (κ3) is 2.11. The van der Waals surface area contributed by atoms with Gasteiger partial charge < -0.3 is 5.32 Å². The van der Waals surface area contributed by atoms with Crippen LogP contribution in [0.1, 0.15) is 29.0 Å². The Labute approximate surface area is 102 Å². The Morgan fingerprint density at radius 1 is 0.882 bits per heavy atom. The van der Waals surface area contributed by atoms with Crippen LogP contribution in [0, 0.1) is 0 Å². The van der Waals surface area contributed by atoms with E-state index in [2.05, 4.69) is 59.9 Å². The fraction of sp³-hybridized carbons (Fsp3) is 0.250. The molecule has 1 heteroatoms. The Bertz CT molecular complexity index is 490. The van der Waals surface area contributed by atoms with E-state index in [4.69, 9.17) is 0 Å². The Hall–Kier alpha value is -1.60. The number of benzene rings is 2. The highest BCUT2D eigenvalue weighted by atomic mass is 14.9. The summed E-state index contributed by atoms with van der Waals surface area (Å²) < 4.78 is 0. The third-order valence-corrected chi connectivity index (χ3v) is 3.56. The Morgan fingerprint density at radius 2 is 1.65 bits per heavy atom. The fourth-order valence-electron chi connectivity index (χ4n) is 2.69. The molecular formula is C16H17N. The summed E-state index contributed by atoms with van der Waals surface area (Å²) >= 11 is 0. The second-order valence-corrected chi connectivity index (χ2v) is 4.63. The molecule has 0 unspecified atom stereocenters. The zero-order valence-electron chi connectivity index (χ0n) is 9.89. The van der Waals surface area contributed by atoms with Crippen molar-refractivity contribution < 1.29 is 0 Å². The van der Waals surface area contributed by atoms with Crippen molar-refractivity contribution in [3.8, 4) is 0 Å². The van der Waals surface area contributed by atoms with Crippen molar-refractivity contribution >= 4 is 0 Å². The predicted molar refractivity (Wildman–Crippen MR) is 71.1 cm³/mol. The predicted octanol–water partition coefficient (Wildman–Crippen LogP) is 3.31. The van der Waals surface area contributed by atoms with E-state index in [-0.39, 0.29) is 0 Å². The van der Waals surface area contributed by atoms with Gasteiger partial charge >= 0.3 is 0 Å². The molecule has 0 spiro atoms. The first-order chi connectivity index (χ1) is 8.45. The van der Waals surface area contributed by atoms with Crippen LogP contribution in [0.4, 0.5) is 0 Å². The van der Waals surface area contributed by atoms with Crippen LogP contribution < -0.4 is 5.32 Å². The summed E-state index contributed by atoms with van der Waals surface area (Å²) in [6.07, 6.45) is 1.18. The van der Waals surface area contributed by atoms with E-state index in [9.17, 15) is 0 Å². The van der Waals surface area contributed by atoms with Gasteiger partial charge in [-0.05, 0) is 29.7 Å². The maximum absolute atomic E-state index is 3.50. The Morgan fingerprint density at radius 3 is 2.53 bits per heavy atom. The van der Waals surface area contributed by atoms with Gasteiger partial charge in [0.25, 0.3) is 0 Å². The molecule has 0 saturated carbocycles. The molecule has 1 atom stereocenters. The van der Waals surface area contributed by atoms with Crippen molar-refractivity contribution in [1.82, 2.24) is 5.32 Å². The lowest BCUT2D eigenvalue weighted by atomic mass is 9.87. The third-order valence-electron chi connectivity index (χ3n) is 3.56. The highest BCUT2D eigenvalue weighted by Crippen LogP contribution is 2.31. The molecule has 17 heavy (non-hydrogen) atoms. The molecule has 1 aliphatic heterocycles. The number of fused-ring (bicyclic) bond motifs is 1. The first-order valence-corrected chi connectivity index (χ1v) is 6.28. The van der Waals surface area contributed by atoms with Crippen LogP contribution >= 0.6 is 0 Å². The van der Waals surface area contributed by atoms with Crippen molar-refractivity contribution in [2.45, 2.75) is 18.9 Å². The van der Waals surface area contributed by atoms with Crippen LogP contribution in [0.3, 0.4) is 0 Å². The van der Waals surface area contributed by atoms with E-state index in [0.717, 1.165) is 13.1 Å². The van der Waals surface area contributed by atoms with E-state index in [1.807, 2.05) is 0 Å². The highest BCUT2D eigenvalue weighted by molar-refractivity contribution is 5.38. The number of nitrogens with one attached hydrogen (secondary N) is 1. The van der Waals surface area contributed by atoms with Crippen molar-refractivity contribution in [3.63, 3.8) is 0 Å². The molecule has 1 N–H and O–H groups in total. The van der Waals surface area contributed by atoms with Gasteiger partial charge in [-0.25, -0.2) is 0 Å². The standard InChI is InChI=1S/C16H17N/c1-2-6-13(7-3-1)16-10-11-17-12-14-8-4-5-9-15(14)16/h1-9,16-17H,10-12H2/t16-/m1/s1. The first kappa shape index (κ1) is 10.5. The van der Waals surface area contributed by atoms with Gasteiger partial charge in [0.15, 0.2) is 0 Å². The summed E-state index contributed by atoms with van der Waals surface area (Å²) in [7, 11) is 0. The maximum atomic E-state index is 3.50. The highest BCUT2D eigenvalue weighted by Gasteiger charge is 2.19. The molecule has 1 nitrogen and oxygen atoms in total. The Kier molecular flexibility index (Phi) is 2.93. The van der Waals surface area contributed by atoms with Gasteiger partial charge in [0.2, 0.25) is 0 Å². The molecule has 1 aliphatic rings. The average molecular weight is 223 g/mol. The smallest absolute Gasteiger partial charge is 0.0208 e. The minimum atomic E-state index is 0.544. The van der Waals surface area contributed by atoms with E-state index >= 15 is 0 Å². The van der Waals surface area contributed by atoms with Crippen LogP contribution in [-0.2, 0) is 6.54 Å². The molecule has 0 bridgehead atoms. The van der Waals surface area contributed by atoms with Crippen LogP contribution in [0.5, 0.6) is 0 Å². The lowest BCUT2D eigenvalue weighted by Crippen LogP contribution is -2.12. The van der Waals surface area contributed by atoms with Crippen LogP contribution in [0.2, 0.25) is 0 Å². The fourth-order valence-corrected chi connectivity index (χ4v) is 2.69. The van der Waals surface area contributed by atoms with Gasteiger partial charge in [-0.15, -0.1) is 0 Å². The summed E-state index contributed by atoms with van der Waals surface area (Å²) in [5, 5.41) is 3.50. The number of hydrogen-bond donors (Lipinski definition) is 1. The van der Waals surface area contributed by atoms with E-state index in [0.29, 0.717) is 5.92 Å². The van der Waals surface area contributed by atoms with Crippen LogP contribution in [0.15, 0.2) is 54.6 Å². The second-order valence-electron chi connectivity index (χ2n) is 4.63. The number of rotatable bonds is 1. The summed E-state index contributed by atoms with van der Waals surface area (Å²) in [5.74, 6) is 0.544. The molecule has 0 aromatic heterocycles. The molecule has 0 saturated heterocycles. The zero-order valence-corrected chi connectivity index (χ0v) is 9.89. The summed E-state index contributed by atoms with van der Waals surface area (Å²) in [6.45, 7) is 2.09. The zero-order chi connectivity index (χ0) is 11.5. The topological polar surface area (TPSA) is 12.0 Å². The molecule has 2 aromatic carbocycles. The molecule has 86 valence electrons. The SMILES string of the molecule is c1ccc([C@H]2CCNCc3ccccc32)cc1. The lowest BCUT2D eigenvalue weighted by Gasteiger charge is -2.17. The molecular weight excluding hydrogens is 206 g/mol. The van der Waals surface area contributed by atoms with Gasteiger partial charge in [0, 0.05) is 12.5 Å². The quantitative estimate of drug-likeness (QED) is 0.782. The first-order valence-electron chi connectivity index (χ1n) is 6.28. The second kappa shape index (κ2) is 4.72. The van der Waals surface area contributed by atoms with Crippen LogP contribution in [-0.4, -0.2) is 6.54 Å². The lowest BCUT2D eigenvalue weighted by molar-refractivity contribution is 0.647. The van der Waals surface area contributed by atoms with E-state index < -0.39 is 0 Å². The molecule has 0 amide bonds. The van der Waals surface area contributed by atoms with Crippen molar-refractivity contribution in [2.75, 3.05) is 6.54 Å². The molecule has 1 heterocycles. The monoisotopic (exact) mass is 223 g/mol. The average Bonchev–Trinajstić information content (AvgIpc) is 2.62. The van der Waals surface area contributed by atoms with E-state index in [1.165, 1.54) is 23.1 Å². The summed E-state index contributed by atoms with van der Waals surface area (Å²) in [5.41, 5.74) is 4.37. The minimum Gasteiger partial charge on any atom is -0.313 e. The molecule has 2 aromatic rings. The summed E-state index contributed by atoms with van der Waals surface area (Å²) in [4.78, 5) is 0. The molecule has 0 fully saturated rings. The molecule has 0 radical (unpaired) electrons. The van der Waals surface area contributed by atoms with Gasteiger partial charge in [-0.2, -0.15) is 0 Å². The largest absolute Gasteiger partial charge is 0.313 e. The van der Waals surface area contributed by atoms with Crippen molar-refractivity contribution in [3.05, 3.63) is 71.3 Å². The van der Waals surface area contributed by atoms with Gasteiger partial charge in [-0.1, -0.05) is 54.6 Å². The minimum absolute atomic E-state index is 0.544. The Balaban J connectivity index is 2.06. The van der Waals surface area contributed by atoms with Gasteiger partial charge in [-0.3, -0.25) is 0 Å². The maximum Gasteiger partial charge on any atom is 0.0208 e. The van der Waals surface area contributed by atoms with E-state index in [1.54, 1.807) is 0 Å². The van der Waals surface area contributed by atoms with Crippen LogP contribution in [0.25, 0.3) is 0 Å². The van der Waals surface area contributed by atoms with Gasteiger partial charge in [0.1, 0.15) is 0 Å². The van der Waals surface area contributed by atoms with Gasteiger partial charge in [0.05, 0.1) is 0 Å². The molecule has 0 aliphatic carbocycles. The number of hydrogen-bond acceptors (Lipinski definition) is 1. The van der Waals surface area contributed by atoms with Crippen molar-refractivity contribution in [1.29, 1.82) is 0 Å². The van der Waals surface area contributed by atoms with Crippen molar-refractivity contribution in [2.24, 2.45) is 0 Å².